The Morgan fingerprint density at radius 1 is 1.20 bits per heavy atom. The zero-order valence-electron chi connectivity index (χ0n) is 11.7. The molecule has 0 bridgehead atoms. The van der Waals surface area contributed by atoms with Gasteiger partial charge in [0.25, 0.3) is 0 Å². The number of nitrogens with one attached hydrogen (secondary N) is 2. The van der Waals surface area contributed by atoms with Crippen LogP contribution in [0.25, 0.3) is 0 Å². The van der Waals surface area contributed by atoms with Gasteiger partial charge in [0.1, 0.15) is 0 Å². The molecule has 0 saturated carbocycles. The minimum absolute atomic E-state index is 0.845. The van der Waals surface area contributed by atoms with Crippen LogP contribution in [0.4, 0.5) is 11.4 Å². The lowest BCUT2D eigenvalue weighted by atomic mass is 9.99. The average molecular weight is 331 g/mol. The molecular formula is C17H19BrN2. The molecule has 0 aromatic heterocycles. The molecule has 104 valence electrons. The quantitative estimate of drug-likeness (QED) is 0.850. The second kappa shape index (κ2) is 5.88. The van der Waals surface area contributed by atoms with E-state index in [1.807, 2.05) is 0 Å². The third kappa shape index (κ3) is 2.68. The molecular weight excluding hydrogens is 312 g/mol. The summed E-state index contributed by atoms with van der Waals surface area (Å²) in [6.45, 7) is 4.04. The lowest BCUT2D eigenvalue weighted by Gasteiger charge is -2.22. The van der Waals surface area contributed by atoms with Gasteiger partial charge in [-0.3, -0.25) is 0 Å². The molecule has 0 amide bonds. The number of fused-ring (bicyclic) bond motifs is 1. The molecule has 3 rings (SSSR count). The molecule has 0 saturated heterocycles. The first-order chi connectivity index (χ1) is 9.75. The van der Waals surface area contributed by atoms with Crippen molar-refractivity contribution in [1.29, 1.82) is 0 Å². The summed E-state index contributed by atoms with van der Waals surface area (Å²) < 4.78 is 1.15. The highest BCUT2D eigenvalue weighted by molar-refractivity contribution is 9.10. The van der Waals surface area contributed by atoms with E-state index in [1.54, 1.807) is 0 Å². The van der Waals surface area contributed by atoms with Crippen LogP contribution in [0.5, 0.6) is 0 Å². The normalized spacial score (nSPS) is 13.5. The molecule has 0 fully saturated rings. The molecule has 1 heterocycles. The molecule has 0 radical (unpaired) electrons. The number of hydrogen-bond acceptors (Lipinski definition) is 2. The van der Waals surface area contributed by atoms with Crippen LogP contribution in [-0.2, 0) is 13.0 Å². The molecule has 2 aromatic rings. The zero-order valence-corrected chi connectivity index (χ0v) is 13.3. The van der Waals surface area contributed by atoms with E-state index in [0.717, 1.165) is 23.2 Å². The topological polar surface area (TPSA) is 24.1 Å². The molecule has 0 unspecified atom stereocenters. The first-order valence-corrected chi connectivity index (χ1v) is 7.88. The maximum Gasteiger partial charge on any atom is 0.0490 e. The Balaban J connectivity index is 1.80. The first kappa shape index (κ1) is 13.5. The minimum atomic E-state index is 0.845. The lowest BCUT2D eigenvalue weighted by molar-refractivity contribution is 0.825. The first-order valence-electron chi connectivity index (χ1n) is 7.09. The van der Waals surface area contributed by atoms with Crippen molar-refractivity contribution in [3.8, 4) is 0 Å². The van der Waals surface area contributed by atoms with Crippen LogP contribution in [0.2, 0.25) is 0 Å². The molecule has 2 aromatic carbocycles. The summed E-state index contributed by atoms with van der Waals surface area (Å²) in [5, 5.41) is 7.08. The van der Waals surface area contributed by atoms with Gasteiger partial charge >= 0.3 is 0 Å². The summed E-state index contributed by atoms with van der Waals surface area (Å²) in [5.41, 5.74) is 6.52. The van der Waals surface area contributed by atoms with Gasteiger partial charge in [-0.1, -0.05) is 30.3 Å². The van der Waals surface area contributed by atoms with Gasteiger partial charge in [-0.2, -0.15) is 0 Å². The highest BCUT2D eigenvalue weighted by Crippen LogP contribution is 2.29. The molecule has 0 atom stereocenters. The van der Waals surface area contributed by atoms with Crippen molar-refractivity contribution in [3.05, 3.63) is 57.6 Å². The number of anilines is 2. The van der Waals surface area contributed by atoms with E-state index < -0.39 is 0 Å². The zero-order chi connectivity index (χ0) is 13.9. The fraction of sp³-hybridized carbons (Fsp3) is 0.294. The van der Waals surface area contributed by atoms with Gasteiger partial charge in [0.15, 0.2) is 0 Å². The third-order valence-electron chi connectivity index (χ3n) is 3.82. The van der Waals surface area contributed by atoms with Crippen LogP contribution in [-0.4, -0.2) is 6.54 Å². The Hall–Kier alpha value is -1.48. The highest BCUT2D eigenvalue weighted by Gasteiger charge is 2.12. The maximum absolute atomic E-state index is 3.65. The predicted molar refractivity (Wildman–Crippen MR) is 89.5 cm³/mol. The maximum atomic E-state index is 3.65. The number of benzene rings is 2. The molecule has 0 spiro atoms. The molecule has 1 aliphatic rings. The van der Waals surface area contributed by atoms with Gasteiger partial charge in [0.05, 0.1) is 0 Å². The largest absolute Gasteiger partial charge is 0.385 e. The van der Waals surface area contributed by atoms with Crippen LogP contribution >= 0.6 is 15.9 Å². The van der Waals surface area contributed by atoms with Crippen molar-refractivity contribution in [3.63, 3.8) is 0 Å². The van der Waals surface area contributed by atoms with E-state index in [1.165, 1.54) is 35.2 Å². The lowest BCUT2D eigenvalue weighted by Crippen LogP contribution is -2.15. The van der Waals surface area contributed by atoms with Crippen molar-refractivity contribution in [2.75, 3.05) is 17.2 Å². The minimum Gasteiger partial charge on any atom is -0.385 e. The van der Waals surface area contributed by atoms with E-state index in [0.29, 0.717) is 0 Å². The Kier molecular flexibility index (Phi) is 3.97. The van der Waals surface area contributed by atoms with Gasteiger partial charge in [-0.25, -0.2) is 0 Å². The van der Waals surface area contributed by atoms with Crippen molar-refractivity contribution >= 4 is 27.3 Å². The molecule has 0 aliphatic carbocycles. The summed E-state index contributed by atoms with van der Waals surface area (Å²) in [5.74, 6) is 0. The fourth-order valence-electron chi connectivity index (χ4n) is 2.70. The van der Waals surface area contributed by atoms with E-state index in [-0.39, 0.29) is 0 Å². The Morgan fingerprint density at radius 3 is 2.95 bits per heavy atom. The van der Waals surface area contributed by atoms with Crippen LogP contribution in [0.15, 0.2) is 40.9 Å². The molecule has 1 aliphatic heterocycles. The van der Waals surface area contributed by atoms with Crippen LogP contribution < -0.4 is 10.6 Å². The summed E-state index contributed by atoms with van der Waals surface area (Å²) in [6, 6.07) is 12.9. The van der Waals surface area contributed by atoms with Crippen LogP contribution in [0.3, 0.4) is 0 Å². The Labute approximate surface area is 128 Å². The fourth-order valence-corrected chi connectivity index (χ4v) is 3.11. The van der Waals surface area contributed by atoms with Crippen LogP contribution in [0.1, 0.15) is 23.1 Å². The summed E-state index contributed by atoms with van der Waals surface area (Å²) in [7, 11) is 0. The number of hydrogen-bond donors (Lipinski definition) is 2. The summed E-state index contributed by atoms with van der Waals surface area (Å²) >= 11 is 3.65. The SMILES string of the molecule is Cc1cccc(NCc2cccc3c2NCCC3)c1Br. The number of aryl methyl sites for hydroxylation is 2. The second-order valence-corrected chi connectivity index (χ2v) is 6.06. The van der Waals surface area contributed by atoms with Crippen molar-refractivity contribution in [2.45, 2.75) is 26.3 Å². The molecule has 3 heteroatoms. The Bertz CT molecular complexity index is 622. The smallest absolute Gasteiger partial charge is 0.0490 e. The van der Waals surface area contributed by atoms with Gasteiger partial charge in [0.2, 0.25) is 0 Å². The highest BCUT2D eigenvalue weighted by atomic mass is 79.9. The van der Waals surface area contributed by atoms with E-state index in [4.69, 9.17) is 0 Å². The molecule has 2 N–H and O–H groups in total. The van der Waals surface area contributed by atoms with Crippen molar-refractivity contribution in [2.24, 2.45) is 0 Å². The predicted octanol–water partition coefficient (Wildman–Crippen LogP) is 4.73. The second-order valence-electron chi connectivity index (χ2n) is 5.27. The molecule has 20 heavy (non-hydrogen) atoms. The number of halogens is 1. The van der Waals surface area contributed by atoms with Gasteiger partial charge < -0.3 is 10.6 Å². The number of para-hydroxylation sites is 1. The Morgan fingerprint density at radius 2 is 2.05 bits per heavy atom. The summed E-state index contributed by atoms with van der Waals surface area (Å²) in [6.07, 6.45) is 2.41. The number of rotatable bonds is 3. The van der Waals surface area contributed by atoms with Gasteiger partial charge in [-0.05, 0) is 58.5 Å². The van der Waals surface area contributed by atoms with E-state index in [9.17, 15) is 0 Å². The van der Waals surface area contributed by atoms with E-state index >= 15 is 0 Å². The van der Waals surface area contributed by atoms with Crippen molar-refractivity contribution < 1.29 is 0 Å². The van der Waals surface area contributed by atoms with Crippen LogP contribution in [0, 0.1) is 6.92 Å². The standard InChI is InChI=1S/C17H19BrN2/c1-12-5-2-9-15(16(12)18)20-11-14-7-3-6-13-8-4-10-19-17(13)14/h2-3,5-7,9,19-20H,4,8,10-11H2,1H3. The monoisotopic (exact) mass is 330 g/mol. The average Bonchev–Trinajstić information content (AvgIpc) is 2.49. The van der Waals surface area contributed by atoms with Crippen molar-refractivity contribution in [1.82, 2.24) is 0 Å². The van der Waals surface area contributed by atoms with Gasteiger partial charge in [-0.15, -0.1) is 0 Å². The van der Waals surface area contributed by atoms with Gasteiger partial charge in [0, 0.05) is 28.9 Å². The van der Waals surface area contributed by atoms with E-state index in [2.05, 4.69) is 69.9 Å². The third-order valence-corrected chi connectivity index (χ3v) is 4.88. The molecule has 2 nitrogen and oxygen atoms in total. The summed E-state index contributed by atoms with van der Waals surface area (Å²) in [4.78, 5) is 0.